The van der Waals surface area contributed by atoms with Gasteiger partial charge in [-0.05, 0) is 45.7 Å². The van der Waals surface area contributed by atoms with Crippen molar-refractivity contribution in [3.63, 3.8) is 0 Å². The van der Waals surface area contributed by atoms with E-state index >= 15 is 0 Å². The number of hydrogen-bond donors (Lipinski definition) is 1. The zero-order valence-corrected chi connectivity index (χ0v) is 8.76. The molecule has 0 amide bonds. The standard InChI is InChI=1S/C11H22N2/c1-10-5-2-3-8-13(10)11-6-4-7-12-9-11/h10-12H,2-9H2,1H3. The Bertz CT molecular complexity index is 152. The maximum Gasteiger partial charge on any atom is 0.0223 e. The lowest BCUT2D eigenvalue weighted by Gasteiger charge is -2.41. The molecular formula is C11H22N2. The lowest BCUT2D eigenvalue weighted by molar-refractivity contribution is 0.0890. The molecule has 0 saturated carbocycles. The van der Waals surface area contributed by atoms with Gasteiger partial charge in [-0.2, -0.15) is 0 Å². The van der Waals surface area contributed by atoms with Crippen LogP contribution in [0.25, 0.3) is 0 Å². The number of piperidine rings is 2. The minimum absolute atomic E-state index is 0.832. The lowest BCUT2D eigenvalue weighted by Crippen LogP contribution is -2.51. The Labute approximate surface area is 81.7 Å². The van der Waals surface area contributed by atoms with Crippen molar-refractivity contribution in [1.29, 1.82) is 0 Å². The molecule has 2 fully saturated rings. The van der Waals surface area contributed by atoms with E-state index in [-0.39, 0.29) is 0 Å². The highest BCUT2D eigenvalue weighted by atomic mass is 15.2. The molecule has 2 aliphatic heterocycles. The first-order valence-corrected chi connectivity index (χ1v) is 5.84. The van der Waals surface area contributed by atoms with Gasteiger partial charge in [0.05, 0.1) is 0 Å². The maximum atomic E-state index is 3.51. The van der Waals surface area contributed by atoms with Crippen molar-refractivity contribution in [3.05, 3.63) is 0 Å². The summed E-state index contributed by atoms with van der Waals surface area (Å²) in [5.41, 5.74) is 0. The molecule has 2 rings (SSSR count). The molecule has 2 atom stereocenters. The number of rotatable bonds is 1. The summed E-state index contributed by atoms with van der Waals surface area (Å²) < 4.78 is 0. The van der Waals surface area contributed by atoms with Crippen molar-refractivity contribution < 1.29 is 0 Å². The molecule has 0 radical (unpaired) electrons. The third kappa shape index (κ3) is 2.23. The van der Waals surface area contributed by atoms with Crippen LogP contribution in [0.2, 0.25) is 0 Å². The van der Waals surface area contributed by atoms with Gasteiger partial charge in [0.15, 0.2) is 0 Å². The molecule has 0 aromatic carbocycles. The zero-order chi connectivity index (χ0) is 9.10. The second kappa shape index (κ2) is 4.43. The molecule has 2 unspecified atom stereocenters. The molecule has 76 valence electrons. The van der Waals surface area contributed by atoms with Crippen LogP contribution in [-0.4, -0.2) is 36.6 Å². The number of nitrogens with zero attached hydrogens (tertiary/aromatic N) is 1. The first-order chi connectivity index (χ1) is 6.38. The van der Waals surface area contributed by atoms with Gasteiger partial charge in [-0.25, -0.2) is 0 Å². The Kier molecular flexibility index (Phi) is 3.23. The predicted molar refractivity (Wildman–Crippen MR) is 55.9 cm³/mol. The second-order valence-corrected chi connectivity index (χ2v) is 4.58. The smallest absolute Gasteiger partial charge is 0.0223 e. The minimum Gasteiger partial charge on any atom is -0.315 e. The average molecular weight is 182 g/mol. The molecule has 13 heavy (non-hydrogen) atoms. The summed E-state index contributed by atoms with van der Waals surface area (Å²) >= 11 is 0. The Morgan fingerprint density at radius 2 is 2.08 bits per heavy atom. The molecule has 2 saturated heterocycles. The van der Waals surface area contributed by atoms with Crippen LogP contribution in [0.4, 0.5) is 0 Å². The fourth-order valence-electron chi connectivity index (χ4n) is 2.78. The molecule has 0 aliphatic carbocycles. The summed E-state index contributed by atoms with van der Waals surface area (Å²) in [5.74, 6) is 0. The molecular weight excluding hydrogens is 160 g/mol. The normalized spacial score (nSPS) is 37.6. The van der Waals surface area contributed by atoms with Gasteiger partial charge in [0.2, 0.25) is 0 Å². The first-order valence-electron chi connectivity index (χ1n) is 5.84. The van der Waals surface area contributed by atoms with Crippen LogP contribution in [-0.2, 0) is 0 Å². The Hall–Kier alpha value is -0.0800. The summed E-state index contributed by atoms with van der Waals surface area (Å²) in [5, 5.41) is 3.51. The maximum absolute atomic E-state index is 3.51. The van der Waals surface area contributed by atoms with Crippen molar-refractivity contribution in [2.24, 2.45) is 0 Å². The van der Waals surface area contributed by atoms with Crippen LogP contribution >= 0.6 is 0 Å². The number of hydrogen-bond acceptors (Lipinski definition) is 2. The minimum atomic E-state index is 0.832. The molecule has 2 heteroatoms. The summed E-state index contributed by atoms with van der Waals surface area (Å²) in [6.07, 6.45) is 7.06. The Balaban J connectivity index is 1.88. The van der Waals surface area contributed by atoms with Crippen molar-refractivity contribution in [3.8, 4) is 0 Å². The molecule has 0 bridgehead atoms. The molecule has 0 aromatic heterocycles. The van der Waals surface area contributed by atoms with Gasteiger partial charge in [-0.15, -0.1) is 0 Å². The van der Waals surface area contributed by atoms with Gasteiger partial charge in [0.25, 0.3) is 0 Å². The quantitative estimate of drug-likeness (QED) is 0.663. The van der Waals surface area contributed by atoms with Crippen molar-refractivity contribution in [2.75, 3.05) is 19.6 Å². The number of nitrogens with one attached hydrogen (secondary N) is 1. The summed E-state index contributed by atoms with van der Waals surface area (Å²) in [7, 11) is 0. The van der Waals surface area contributed by atoms with E-state index < -0.39 is 0 Å². The highest BCUT2D eigenvalue weighted by molar-refractivity contribution is 4.84. The molecule has 2 heterocycles. The van der Waals surface area contributed by atoms with Crippen molar-refractivity contribution in [1.82, 2.24) is 10.2 Å². The Morgan fingerprint density at radius 3 is 2.77 bits per heavy atom. The van der Waals surface area contributed by atoms with Crippen molar-refractivity contribution >= 4 is 0 Å². The largest absolute Gasteiger partial charge is 0.315 e. The van der Waals surface area contributed by atoms with Crippen LogP contribution in [0, 0.1) is 0 Å². The van der Waals surface area contributed by atoms with Crippen LogP contribution in [0.3, 0.4) is 0 Å². The van der Waals surface area contributed by atoms with Crippen LogP contribution in [0.1, 0.15) is 39.0 Å². The first kappa shape index (κ1) is 9.47. The van der Waals surface area contributed by atoms with Crippen LogP contribution in [0.5, 0.6) is 0 Å². The fourth-order valence-corrected chi connectivity index (χ4v) is 2.78. The third-order valence-electron chi connectivity index (χ3n) is 3.59. The fraction of sp³-hybridized carbons (Fsp3) is 1.00. The highest BCUT2D eigenvalue weighted by Crippen LogP contribution is 2.21. The van der Waals surface area contributed by atoms with Gasteiger partial charge in [-0.3, -0.25) is 4.90 Å². The van der Waals surface area contributed by atoms with E-state index in [1.165, 1.54) is 51.7 Å². The molecule has 0 aromatic rings. The average Bonchev–Trinajstić information content (AvgIpc) is 2.20. The Morgan fingerprint density at radius 1 is 1.15 bits per heavy atom. The van der Waals surface area contributed by atoms with Crippen LogP contribution in [0.15, 0.2) is 0 Å². The monoisotopic (exact) mass is 182 g/mol. The lowest BCUT2D eigenvalue weighted by atomic mass is 9.97. The highest BCUT2D eigenvalue weighted by Gasteiger charge is 2.26. The van der Waals surface area contributed by atoms with Gasteiger partial charge in [0, 0.05) is 18.6 Å². The van der Waals surface area contributed by atoms with E-state index in [1.807, 2.05) is 0 Å². The number of likely N-dealkylation sites (tertiary alicyclic amines) is 1. The van der Waals surface area contributed by atoms with Crippen molar-refractivity contribution in [2.45, 2.75) is 51.1 Å². The van der Waals surface area contributed by atoms with E-state index in [0.29, 0.717) is 0 Å². The summed E-state index contributed by atoms with van der Waals surface area (Å²) in [6, 6.07) is 1.67. The summed E-state index contributed by atoms with van der Waals surface area (Å²) in [6.45, 7) is 6.20. The molecule has 1 N–H and O–H groups in total. The molecule has 0 spiro atoms. The van der Waals surface area contributed by atoms with E-state index in [4.69, 9.17) is 0 Å². The second-order valence-electron chi connectivity index (χ2n) is 4.58. The predicted octanol–water partition coefficient (Wildman–Crippen LogP) is 1.61. The van der Waals surface area contributed by atoms with E-state index in [0.717, 1.165) is 12.1 Å². The summed E-state index contributed by atoms with van der Waals surface area (Å²) in [4.78, 5) is 2.73. The van der Waals surface area contributed by atoms with Gasteiger partial charge in [0.1, 0.15) is 0 Å². The topological polar surface area (TPSA) is 15.3 Å². The van der Waals surface area contributed by atoms with E-state index in [1.54, 1.807) is 0 Å². The van der Waals surface area contributed by atoms with Gasteiger partial charge in [-0.1, -0.05) is 6.42 Å². The van der Waals surface area contributed by atoms with E-state index in [2.05, 4.69) is 17.1 Å². The SMILES string of the molecule is CC1CCCCN1C1CCCNC1. The third-order valence-corrected chi connectivity index (χ3v) is 3.59. The zero-order valence-electron chi connectivity index (χ0n) is 8.76. The van der Waals surface area contributed by atoms with Crippen LogP contribution < -0.4 is 5.32 Å². The van der Waals surface area contributed by atoms with Gasteiger partial charge < -0.3 is 5.32 Å². The van der Waals surface area contributed by atoms with Gasteiger partial charge >= 0.3 is 0 Å². The molecule has 2 nitrogen and oxygen atoms in total. The molecule has 2 aliphatic rings. The van der Waals surface area contributed by atoms with E-state index in [9.17, 15) is 0 Å².